The van der Waals surface area contributed by atoms with Crippen LogP contribution in [0.5, 0.6) is 0 Å². The van der Waals surface area contributed by atoms with E-state index in [9.17, 15) is 9.59 Å². The van der Waals surface area contributed by atoms with Crippen LogP contribution in [0.4, 0.5) is 0 Å². The topological polar surface area (TPSA) is 63.4 Å². The van der Waals surface area contributed by atoms with Crippen molar-refractivity contribution >= 4 is 19.5 Å². The fourth-order valence-corrected chi connectivity index (χ4v) is 0.987. The Hall–Kier alpha value is -0.835. The van der Waals surface area contributed by atoms with Crippen molar-refractivity contribution in [2.75, 3.05) is 19.6 Å². The molecule has 19 heavy (non-hydrogen) atoms. The molecule has 0 fully saturated rings. The monoisotopic (exact) mass is 268 g/mol. The maximum atomic E-state index is 11.7. The van der Waals surface area contributed by atoms with Crippen molar-refractivity contribution in [2.45, 2.75) is 47.9 Å². The average molecular weight is 268 g/mol. The SMILES string of the molecule is CC(C)C.[B]CC(=O)N(CCN)CC(=O)C(C)(C)C. The second-order valence-corrected chi connectivity index (χ2v) is 6.21. The van der Waals surface area contributed by atoms with Gasteiger partial charge in [0.05, 0.1) is 14.4 Å². The summed E-state index contributed by atoms with van der Waals surface area (Å²) in [7, 11) is 5.24. The van der Waals surface area contributed by atoms with E-state index in [0.29, 0.717) is 13.1 Å². The minimum Gasteiger partial charge on any atom is -0.335 e. The smallest absolute Gasteiger partial charge is 0.214 e. The maximum Gasteiger partial charge on any atom is 0.214 e. The van der Waals surface area contributed by atoms with Gasteiger partial charge in [0.1, 0.15) is 0 Å². The molecule has 0 saturated heterocycles. The molecule has 0 heterocycles. The zero-order valence-corrected chi connectivity index (χ0v) is 13.3. The van der Waals surface area contributed by atoms with E-state index in [-0.39, 0.29) is 24.6 Å². The first-order valence-corrected chi connectivity index (χ1v) is 6.77. The molecular weight excluding hydrogens is 239 g/mol. The third-order valence-corrected chi connectivity index (χ3v) is 2.10. The highest BCUT2D eigenvalue weighted by atomic mass is 16.2. The van der Waals surface area contributed by atoms with Gasteiger partial charge in [0.15, 0.2) is 5.78 Å². The second-order valence-electron chi connectivity index (χ2n) is 6.21. The summed E-state index contributed by atoms with van der Waals surface area (Å²) < 4.78 is 0. The molecule has 0 aromatic carbocycles. The van der Waals surface area contributed by atoms with E-state index in [4.69, 9.17) is 13.6 Å². The molecule has 4 nitrogen and oxygen atoms in total. The van der Waals surface area contributed by atoms with Crippen molar-refractivity contribution in [1.29, 1.82) is 0 Å². The predicted molar refractivity (Wildman–Crippen MR) is 81.2 cm³/mol. The highest BCUT2D eigenvalue weighted by molar-refractivity contribution is 6.19. The van der Waals surface area contributed by atoms with Crippen LogP contribution in [0.15, 0.2) is 0 Å². The Labute approximate surface area is 119 Å². The molecule has 0 aromatic heterocycles. The average Bonchev–Trinajstić information content (AvgIpc) is 2.25. The van der Waals surface area contributed by atoms with E-state index >= 15 is 0 Å². The summed E-state index contributed by atoms with van der Waals surface area (Å²) >= 11 is 0. The second kappa shape index (κ2) is 10.0. The van der Waals surface area contributed by atoms with Gasteiger partial charge >= 0.3 is 0 Å². The number of carbonyl (C=O) groups is 2. The molecule has 0 saturated carbocycles. The summed E-state index contributed by atoms with van der Waals surface area (Å²) in [5.74, 6) is 0.607. The molecule has 110 valence electrons. The van der Waals surface area contributed by atoms with Gasteiger partial charge in [0.25, 0.3) is 0 Å². The van der Waals surface area contributed by atoms with Crippen molar-refractivity contribution in [1.82, 2.24) is 4.90 Å². The summed E-state index contributed by atoms with van der Waals surface area (Å²) in [6.45, 7) is 12.8. The molecule has 0 aliphatic carbocycles. The fourth-order valence-electron chi connectivity index (χ4n) is 0.987. The number of nitrogens with two attached hydrogens (primary N) is 1. The van der Waals surface area contributed by atoms with Crippen LogP contribution >= 0.6 is 0 Å². The first kappa shape index (κ1) is 20.5. The van der Waals surface area contributed by atoms with Crippen molar-refractivity contribution in [2.24, 2.45) is 17.1 Å². The number of rotatable bonds is 5. The molecule has 0 aromatic rings. The third-order valence-electron chi connectivity index (χ3n) is 2.10. The third kappa shape index (κ3) is 12.0. The molecule has 0 aliphatic rings. The van der Waals surface area contributed by atoms with Crippen LogP contribution in [0.1, 0.15) is 41.5 Å². The fraction of sp³-hybridized carbons (Fsp3) is 0.857. The van der Waals surface area contributed by atoms with Gasteiger partial charge in [-0.1, -0.05) is 41.5 Å². The van der Waals surface area contributed by atoms with Crippen molar-refractivity contribution in [3.8, 4) is 0 Å². The largest absolute Gasteiger partial charge is 0.335 e. The Morgan fingerprint density at radius 2 is 1.63 bits per heavy atom. The number of nitrogens with zero attached hydrogens (tertiary/aromatic N) is 1. The van der Waals surface area contributed by atoms with Crippen LogP contribution in [0.2, 0.25) is 6.32 Å². The van der Waals surface area contributed by atoms with Gasteiger partial charge in [0.2, 0.25) is 5.91 Å². The Kier molecular flexibility index (Phi) is 10.8. The number of hydrogen-bond donors (Lipinski definition) is 1. The van der Waals surface area contributed by atoms with E-state index in [0.717, 1.165) is 5.92 Å². The maximum absolute atomic E-state index is 11.7. The zero-order valence-electron chi connectivity index (χ0n) is 13.3. The number of amides is 1. The summed E-state index contributed by atoms with van der Waals surface area (Å²) in [5, 5.41) is 0. The van der Waals surface area contributed by atoms with Crippen LogP contribution < -0.4 is 5.73 Å². The molecule has 1 amide bonds. The van der Waals surface area contributed by atoms with Crippen molar-refractivity contribution in [3.05, 3.63) is 0 Å². The van der Waals surface area contributed by atoms with E-state index in [1.807, 2.05) is 20.8 Å². The van der Waals surface area contributed by atoms with Gasteiger partial charge in [-0.3, -0.25) is 9.59 Å². The zero-order chi connectivity index (χ0) is 15.6. The highest BCUT2D eigenvalue weighted by Crippen LogP contribution is 2.15. The Morgan fingerprint density at radius 3 is 1.89 bits per heavy atom. The summed E-state index contributed by atoms with van der Waals surface area (Å²) in [4.78, 5) is 24.5. The van der Waals surface area contributed by atoms with Crippen LogP contribution in [0.25, 0.3) is 0 Å². The summed E-state index contributed by atoms with van der Waals surface area (Å²) in [6, 6.07) is 0. The summed E-state index contributed by atoms with van der Waals surface area (Å²) in [6.07, 6.45) is -0.0859. The standard InChI is InChI=1S/C10H19BN2O2.C4H10/c1-10(2,3)8(14)7-13(5-4-12)9(15)6-11;1-4(2)3/h4-7,12H2,1-3H3;4H,1-3H3. The molecule has 2 radical (unpaired) electrons. The Bertz CT molecular complexity index is 270. The molecule has 0 unspecified atom stereocenters. The van der Waals surface area contributed by atoms with Crippen LogP contribution in [-0.2, 0) is 9.59 Å². The lowest BCUT2D eigenvalue weighted by molar-refractivity contribution is -0.136. The Morgan fingerprint density at radius 1 is 1.21 bits per heavy atom. The van der Waals surface area contributed by atoms with Gasteiger partial charge in [0, 0.05) is 18.5 Å². The minimum atomic E-state index is -0.443. The molecule has 0 aliphatic heterocycles. The van der Waals surface area contributed by atoms with E-state index in [1.165, 1.54) is 4.90 Å². The predicted octanol–water partition coefficient (Wildman–Crippen LogP) is 1.64. The van der Waals surface area contributed by atoms with E-state index in [2.05, 4.69) is 20.8 Å². The molecule has 2 N–H and O–H groups in total. The number of ketones is 1. The lowest BCUT2D eigenvalue weighted by atomic mass is 9.90. The molecule has 0 bridgehead atoms. The quantitative estimate of drug-likeness (QED) is 0.771. The lowest BCUT2D eigenvalue weighted by Gasteiger charge is -2.25. The van der Waals surface area contributed by atoms with Crippen LogP contribution in [-0.4, -0.2) is 44.1 Å². The first-order valence-electron chi connectivity index (χ1n) is 6.77. The first-order chi connectivity index (χ1) is 8.56. The lowest BCUT2D eigenvalue weighted by Crippen LogP contribution is -2.42. The summed E-state index contributed by atoms with van der Waals surface area (Å²) in [5.41, 5.74) is 4.92. The highest BCUT2D eigenvalue weighted by Gasteiger charge is 2.24. The molecule has 5 heteroatoms. The number of hydrogen-bond acceptors (Lipinski definition) is 3. The Balaban J connectivity index is 0. The number of Topliss-reactive ketones (excluding diaryl/α,β-unsaturated/α-hetero) is 1. The van der Waals surface area contributed by atoms with Gasteiger partial charge in [-0.25, -0.2) is 0 Å². The van der Waals surface area contributed by atoms with Gasteiger partial charge in [-0.2, -0.15) is 0 Å². The van der Waals surface area contributed by atoms with Gasteiger partial charge < -0.3 is 10.6 Å². The molecular formula is C14H29BN2O2. The van der Waals surface area contributed by atoms with Gasteiger partial charge in [-0.05, 0) is 12.2 Å². The molecule has 0 rings (SSSR count). The van der Waals surface area contributed by atoms with E-state index in [1.54, 1.807) is 0 Å². The normalized spacial score (nSPS) is 10.7. The molecule has 0 atom stereocenters. The van der Waals surface area contributed by atoms with Crippen molar-refractivity contribution < 1.29 is 9.59 Å². The van der Waals surface area contributed by atoms with Gasteiger partial charge in [-0.15, -0.1) is 0 Å². The number of carbonyl (C=O) groups excluding carboxylic acids is 2. The minimum absolute atomic E-state index is 0.0118. The van der Waals surface area contributed by atoms with Crippen LogP contribution in [0.3, 0.4) is 0 Å². The van der Waals surface area contributed by atoms with E-state index < -0.39 is 5.41 Å². The van der Waals surface area contributed by atoms with Crippen LogP contribution in [0, 0.1) is 11.3 Å². The van der Waals surface area contributed by atoms with Crippen molar-refractivity contribution in [3.63, 3.8) is 0 Å². The molecule has 0 spiro atoms.